The molecule has 0 aromatic heterocycles. The molecule has 0 amide bonds. The number of carbonyl (C=O) groups is 1. The third kappa shape index (κ3) is 2.98. The van der Waals surface area contributed by atoms with E-state index in [0.29, 0.717) is 0 Å². The van der Waals surface area contributed by atoms with E-state index in [0.717, 1.165) is 24.2 Å². The number of ether oxygens (including phenoxy) is 2. The van der Waals surface area contributed by atoms with Gasteiger partial charge in [-0.3, -0.25) is 4.79 Å². The van der Waals surface area contributed by atoms with Gasteiger partial charge < -0.3 is 9.47 Å². The molecular formula is C19H20O3. The van der Waals surface area contributed by atoms with Crippen LogP contribution in [0.15, 0.2) is 48.5 Å². The summed E-state index contributed by atoms with van der Waals surface area (Å²) in [6, 6.07) is 16.4. The molecule has 2 aromatic carbocycles. The molecule has 1 aliphatic carbocycles. The van der Waals surface area contributed by atoms with Crippen LogP contribution in [0.3, 0.4) is 0 Å². The van der Waals surface area contributed by atoms with Crippen LogP contribution in [0.25, 0.3) is 0 Å². The van der Waals surface area contributed by atoms with Crippen LogP contribution in [-0.4, -0.2) is 13.1 Å². The summed E-state index contributed by atoms with van der Waals surface area (Å²) in [6.45, 7) is 1.47. The van der Waals surface area contributed by atoms with Crippen LogP contribution in [0.2, 0.25) is 0 Å². The van der Waals surface area contributed by atoms with Crippen LogP contribution in [0.5, 0.6) is 5.75 Å². The van der Waals surface area contributed by atoms with Gasteiger partial charge in [0.15, 0.2) is 0 Å². The Kier molecular flexibility index (Phi) is 4.14. The lowest BCUT2D eigenvalue weighted by Gasteiger charge is -2.20. The first kappa shape index (κ1) is 14.6. The van der Waals surface area contributed by atoms with Crippen molar-refractivity contribution in [2.75, 3.05) is 7.11 Å². The molecule has 22 heavy (non-hydrogen) atoms. The van der Waals surface area contributed by atoms with Crippen LogP contribution in [0.4, 0.5) is 0 Å². The summed E-state index contributed by atoms with van der Waals surface area (Å²) in [4.78, 5) is 11.5. The van der Waals surface area contributed by atoms with Gasteiger partial charge in [0.05, 0.1) is 7.11 Å². The summed E-state index contributed by atoms with van der Waals surface area (Å²) >= 11 is 0. The second kappa shape index (κ2) is 6.22. The quantitative estimate of drug-likeness (QED) is 0.807. The third-order valence-corrected chi connectivity index (χ3v) is 4.20. The minimum atomic E-state index is -0.237. The predicted octanol–water partition coefficient (Wildman–Crippen LogP) is 3.71. The number of carbonyl (C=O) groups excluding carboxylic acids is 1. The number of hydrogen-bond acceptors (Lipinski definition) is 3. The maximum absolute atomic E-state index is 11.5. The molecule has 3 heteroatoms. The molecule has 0 radical (unpaired) electrons. The Morgan fingerprint density at radius 1 is 1.18 bits per heavy atom. The van der Waals surface area contributed by atoms with Crippen LogP contribution >= 0.6 is 0 Å². The van der Waals surface area contributed by atoms with Gasteiger partial charge in [0.2, 0.25) is 0 Å². The molecule has 0 saturated carbocycles. The lowest BCUT2D eigenvalue weighted by atomic mass is 9.94. The van der Waals surface area contributed by atoms with Gasteiger partial charge in [-0.15, -0.1) is 0 Å². The Morgan fingerprint density at radius 3 is 2.64 bits per heavy atom. The summed E-state index contributed by atoms with van der Waals surface area (Å²) < 4.78 is 10.9. The highest BCUT2D eigenvalue weighted by molar-refractivity contribution is 5.66. The highest BCUT2D eigenvalue weighted by atomic mass is 16.5. The van der Waals surface area contributed by atoms with Crippen molar-refractivity contribution in [2.45, 2.75) is 25.9 Å². The maximum atomic E-state index is 11.5. The first-order chi connectivity index (χ1) is 10.7. The smallest absolute Gasteiger partial charge is 0.303 e. The summed E-state index contributed by atoms with van der Waals surface area (Å²) in [5.74, 6) is 0.836. The van der Waals surface area contributed by atoms with Gasteiger partial charge >= 0.3 is 5.97 Å². The number of hydrogen-bond donors (Lipinski definition) is 0. The summed E-state index contributed by atoms with van der Waals surface area (Å²) in [5, 5.41) is 0. The molecule has 3 nitrogen and oxygen atoms in total. The second-order valence-corrected chi connectivity index (χ2v) is 5.75. The van der Waals surface area contributed by atoms with Crippen LogP contribution < -0.4 is 4.74 Å². The largest absolute Gasteiger partial charge is 0.497 e. The minimum Gasteiger partial charge on any atom is -0.497 e. The minimum absolute atomic E-state index is 0.192. The average Bonchev–Trinajstić information content (AvgIpc) is 2.84. The third-order valence-electron chi connectivity index (χ3n) is 4.20. The normalized spacial score (nSPS) is 19.5. The van der Waals surface area contributed by atoms with Crippen molar-refractivity contribution in [1.29, 1.82) is 0 Å². The fourth-order valence-corrected chi connectivity index (χ4v) is 3.23. The van der Waals surface area contributed by atoms with E-state index in [1.807, 2.05) is 30.3 Å². The van der Waals surface area contributed by atoms with Crippen LogP contribution in [0, 0.1) is 5.92 Å². The number of esters is 1. The van der Waals surface area contributed by atoms with Crippen molar-refractivity contribution in [3.8, 4) is 5.75 Å². The van der Waals surface area contributed by atoms with Gasteiger partial charge in [0, 0.05) is 12.8 Å². The molecule has 2 aromatic rings. The van der Waals surface area contributed by atoms with Crippen molar-refractivity contribution >= 4 is 5.97 Å². The molecule has 114 valence electrons. The zero-order chi connectivity index (χ0) is 15.5. The second-order valence-electron chi connectivity index (χ2n) is 5.75. The van der Waals surface area contributed by atoms with E-state index in [1.54, 1.807) is 7.11 Å². The summed E-state index contributed by atoms with van der Waals surface area (Å²) in [6.07, 6.45) is 1.63. The molecule has 0 spiro atoms. The molecule has 0 heterocycles. The SMILES string of the molecule is COc1ccc2c(c1)[C@H](OC(C)=O)[C@H](Cc1ccccc1)C2. The van der Waals surface area contributed by atoms with E-state index < -0.39 is 0 Å². The summed E-state index contributed by atoms with van der Waals surface area (Å²) in [7, 11) is 1.65. The van der Waals surface area contributed by atoms with Gasteiger partial charge in [0.25, 0.3) is 0 Å². The molecule has 0 aliphatic heterocycles. The van der Waals surface area contributed by atoms with Gasteiger partial charge in [-0.05, 0) is 41.7 Å². The zero-order valence-corrected chi connectivity index (χ0v) is 12.9. The average molecular weight is 296 g/mol. The Labute approximate surface area is 130 Å². The fourth-order valence-electron chi connectivity index (χ4n) is 3.23. The summed E-state index contributed by atoms with van der Waals surface area (Å²) in [5.41, 5.74) is 3.59. The Balaban J connectivity index is 1.89. The number of benzene rings is 2. The molecule has 1 aliphatic rings. The fraction of sp³-hybridized carbons (Fsp3) is 0.316. The zero-order valence-electron chi connectivity index (χ0n) is 12.9. The van der Waals surface area contributed by atoms with Crippen molar-refractivity contribution in [3.63, 3.8) is 0 Å². The van der Waals surface area contributed by atoms with Gasteiger partial charge in [0.1, 0.15) is 11.9 Å². The van der Waals surface area contributed by atoms with Crippen LogP contribution in [-0.2, 0) is 22.4 Å². The predicted molar refractivity (Wildman–Crippen MR) is 84.8 cm³/mol. The lowest BCUT2D eigenvalue weighted by Crippen LogP contribution is -2.16. The molecule has 0 unspecified atom stereocenters. The number of methoxy groups -OCH3 is 1. The number of fused-ring (bicyclic) bond motifs is 1. The standard InChI is InChI=1S/C19H20O3/c1-13(20)22-19-16(10-14-6-4-3-5-7-14)11-15-8-9-17(21-2)12-18(15)19/h3-9,12,16,19H,10-11H2,1-2H3/t16-,19-/m1/s1. The topological polar surface area (TPSA) is 35.5 Å². The van der Waals surface area contributed by atoms with E-state index in [-0.39, 0.29) is 18.0 Å². The van der Waals surface area contributed by atoms with E-state index in [2.05, 4.69) is 18.2 Å². The molecule has 0 N–H and O–H groups in total. The Hall–Kier alpha value is -2.29. The van der Waals surface area contributed by atoms with Crippen molar-refractivity contribution in [2.24, 2.45) is 5.92 Å². The van der Waals surface area contributed by atoms with E-state index in [9.17, 15) is 4.79 Å². The van der Waals surface area contributed by atoms with Crippen molar-refractivity contribution in [3.05, 3.63) is 65.2 Å². The highest BCUT2D eigenvalue weighted by Crippen LogP contribution is 2.42. The maximum Gasteiger partial charge on any atom is 0.303 e. The highest BCUT2D eigenvalue weighted by Gasteiger charge is 2.35. The van der Waals surface area contributed by atoms with E-state index >= 15 is 0 Å². The Morgan fingerprint density at radius 2 is 1.95 bits per heavy atom. The van der Waals surface area contributed by atoms with E-state index in [4.69, 9.17) is 9.47 Å². The molecular weight excluding hydrogens is 276 g/mol. The molecule has 3 rings (SSSR count). The molecule has 0 bridgehead atoms. The first-order valence-corrected chi connectivity index (χ1v) is 7.55. The lowest BCUT2D eigenvalue weighted by molar-refractivity contribution is -0.149. The van der Waals surface area contributed by atoms with Crippen LogP contribution in [0.1, 0.15) is 29.7 Å². The van der Waals surface area contributed by atoms with Gasteiger partial charge in [-0.25, -0.2) is 0 Å². The molecule has 0 saturated heterocycles. The molecule has 2 atom stereocenters. The van der Waals surface area contributed by atoms with Crippen molar-refractivity contribution in [1.82, 2.24) is 0 Å². The molecule has 0 fully saturated rings. The van der Waals surface area contributed by atoms with Crippen molar-refractivity contribution < 1.29 is 14.3 Å². The monoisotopic (exact) mass is 296 g/mol. The van der Waals surface area contributed by atoms with E-state index in [1.165, 1.54) is 18.1 Å². The van der Waals surface area contributed by atoms with Gasteiger partial charge in [-0.2, -0.15) is 0 Å². The first-order valence-electron chi connectivity index (χ1n) is 7.55. The Bertz CT molecular complexity index is 664. The number of rotatable bonds is 4. The van der Waals surface area contributed by atoms with Gasteiger partial charge in [-0.1, -0.05) is 36.4 Å².